The first-order valence-corrected chi connectivity index (χ1v) is 11.6. The van der Waals surface area contributed by atoms with E-state index >= 15 is 0 Å². The fourth-order valence-electron chi connectivity index (χ4n) is 4.01. The Morgan fingerprint density at radius 3 is 2.26 bits per heavy atom. The smallest absolute Gasteiger partial charge is 0.337 e. The van der Waals surface area contributed by atoms with Crippen LogP contribution < -0.4 is 10.2 Å². The molecule has 8 heteroatoms. The van der Waals surface area contributed by atoms with Gasteiger partial charge >= 0.3 is 5.97 Å². The van der Waals surface area contributed by atoms with Gasteiger partial charge in [-0.1, -0.05) is 48.5 Å². The van der Waals surface area contributed by atoms with E-state index in [-0.39, 0.29) is 18.2 Å². The van der Waals surface area contributed by atoms with Crippen LogP contribution in [-0.2, 0) is 20.7 Å². The first-order chi connectivity index (χ1) is 17.0. The zero-order chi connectivity index (χ0) is 24.8. The number of carbonyl (C=O) groups excluding carboxylic acids is 3. The number of anilines is 2. The van der Waals surface area contributed by atoms with Crippen molar-refractivity contribution in [2.24, 2.45) is 0 Å². The predicted octanol–water partition coefficient (Wildman–Crippen LogP) is 4.05. The van der Waals surface area contributed by atoms with E-state index in [4.69, 9.17) is 17.0 Å². The molecule has 1 aliphatic rings. The van der Waals surface area contributed by atoms with Gasteiger partial charge in [-0.2, -0.15) is 0 Å². The lowest BCUT2D eigenvalue weighted by atomic mass is 10.1. The van der Waals surface area contributed by atoms with E-state index < -0.39 is 12.0 Å². The first-order valence-electron chi connectivity index (χ1n) is 11.2. The summed E-state index contributed by atoms with van der Waals surface area (Å²) in [5.41, 5.74) is 2.64. The van der Waals surface area contributed by atoms with Crippen molar-refractivity contribution in [2.75, 3.05) is 23.9 Å². The van der Waals surface area contributed by atoms with Crippen LogP contribution >= 0.6 is 12.2 Å². The molecule has 4 rings (SSSR count). The average molecular weight is 488 g/mol. The molecule has 178 valence electrons. The Kier molecular flexibility index (Phi) is 7.52. The zero-order valence-corrected chi connectivity index (χ0v) is 20.0. The Morgan fingerprint density at radius 2 is 1.63 bits per heavy atom. The number of nitrogens with one attached hydrogen (secondary N) is 1. The summed E-state index contributed by atoms with van der Waals surface area (Å²) in [4.78, 5) is 41.1. The van der Waals surface area contributed by atoms with Crippen LogP contribution in [-0.4, -0.2) is 47.5 Å². The fraction of sp³-hybridized carbons (Fsp3) is 0.185. The summed E-state index contributed by atoms with van der Waals surface area (Å²) in [6, 6.07) is 24.8. The number of methoxy groups -OCH3 is 1. The number of hydrogen-bond acceptors (Lipinski definition) is 5. The maximum atomic E-state index is 13.5. The Bertz CT molecular complexity index is 1220. The standard InChI is InChI=1S/C27H25N3O4S/c1-34-26(33)20-12-14-22(15-13-20)30-24(31)18-23(25(30)32)29(17-16-19-8-4-2-5-9-19)27(35)28-21-10-6-3-7-11-21/h2-15,23H,16-18H2,1H3,(H,28,35)/t23-/m0/s1. The minimum absolute atomic E-state index is 0.00296. The van der Waals surface area contributed by atoms with Crippen molar-refractivity contribution in [2.45, 2.75) is 18.9 Å². The Hall–Kier alpha value is -4.04. The lowest BCUT2D eigenvalue weighted by Gasteiger charge is -2.30. The van der Waals surface area contributed by atoms with Crippen molar-refractivity contribution < 1.29 is 19.1 Å². The average Bonchev–Trinajstić information content (AvgIpc) is 3.18. The van der Waals surface area contributed by atoms with Gasteiger partial charge in [-0.3, -0.25) is 9.59 Å². The molecule has 1 N–H and O–H groups in total. The van der Waals surface area contributed by atoms with Gasteiger partial charge in [-0.05, 0) is 60.6 Å². The number of nitrogens with zero attached hydrogens (tertiary/aromatic N) is 2. The van der Waals surface area contributed by atoms with Crippen LogP contribution in [0.25, 0.3) is 0 Å². The Morgan fingerprint density at radius 1 is 1.00 bits per heavy atom. The fourth-order valence-corrected chi connectivity index (χ4v) is 4.34. The summed E-state index contributed by atoms with van der Waals surface area (Å²) in [7, 11) is 1.30. The highest BCUT2D eigenvalue weighted by molar-refractivity contribution is 7.80. The molecule has 0 spiro atoms. The van der Waals surface area contributed by atoms with E-state index in [1.807, 2.05) is 60.7 Å². The first kappa shape index (κ1) is 24.1. The Labute approximate surface area is 209 Å². The maximum Gasteiger partial charge on any atom is 0.337 e. The third-order valence-corrected chi connectivity index (χ3v) is 6.15. The van der Waals surface area contributed by atoms with Crippen LogP contribution in [0, 0.1) is 0 Å². The lowest BCUT2D eigenvalue weighted by molar-refractivity contribution is -0.122. The molecule has 1 heterocycles. The summed E-state index contributed by atoms with van der Waals surface area (Å²) >= 11 is 5.70. The SMILES string of the molecule is COC(=O)c1ccc(N2C(=O)C[C@H](N(CCc3ccccc3)C(=S)Nc3ccccc3)C2=O)cc1. The largest absolute Gasteiger partial charge is 0.465 e. The number of thiocarbonyl (C=S) groups is 1. The number of para-hydroxylation sites is 1. The highest BCUT2D eigenvalue weighted by atomic mass is 32.1. The van der Waals surface area contributed by atoms with Crippen LogP contribution in [0.2, 0.25) is 0 Å². The van der Waals surface area contributed by atoms with Crippen molar-refractivity contribution in [3.8, 4) is 0 Å². The summed E-state index contributed by atoms with van der Waals surface area (Å²) in [5, 5.41) is 3.57. The third kappa shape index (κ3) is 5.55. The Balaban J connectivity index is 1.57. The molecule has 1 aliphatic heterocycles. The monoisotopic (exact) mass is 487 g/mol. The summed E-state index contributed by atoms with van der Waals surface area (Å²) < 4.78 is 4.72. The van der Waals surface area contributed by atoms with Gasteiger partial charge in [0.2, 0.25) is 5.91 Å². The number of ether oxygens (including phenoxy) is 1. The minimum Gasteiger partial charge on any atom is -0.465 e. The van der Waals surface area contributed by atoms with Gasteiger partial charge in [0, 0.05) is 12.2 Å². The molecule has 1 atom stereocenters. The topological polar surface area (TPSA) is 79.0 Å². The summed E-state index contributed by atoms with van der Waals surface area (Å²) in [6.45, 7) is 0.460. The normalized spacial score (nSPS) is 15.1. The molecular formula is C27H25N3O4S. The minimum atomic E-state index is -0.741. The van der Waals surface area contributed by atoms with E-state index in [0.29, 0.717) is 29.3 Å². The molecule has 2 amide bonds. The summed E-state index contributed by atoms with van der Waals surface area (Å²) in [5.74, 6) is -1.16. The van der Waals surface area contributed by atoms with E-state index in [2.05, 4.69) is 5.32 Å². The van der Waals surface area contributed by atoms with Crippen LogP contribution in [0.5, 0.6) is 0 Å². The number of esters is 1. The molecule has 0 radical (unpaired) electrons. The lowest BCUT2D eigenvalue weighted by Crippen LogP contribution is -2.48. The van der Waals surface area contributed by atoms with Crippen molar-refractivity contribution in [1.82, 2.24) is 4.90 Å². The molecule has 35 heavy (non-hydrogen) atoms. The van der Waals surface area contributed by atoms with Crippen LogP contribution in [0.3, 0.4) is 0 Å². The molecule has 0 aromatic heterocycles. The molecule has 0 bridgehead atoms. The van der Waals surface area contributed by atoms with E-state index in [9.17, 15) is 14.4 Å². The highest BCUT2D eigenvalue weighted by Gasteiger charge is 2.43. The second-order valence-corrected chi connectivity index (χ2v) is 8.44. The predicted molar refractivity (Wildman–Crippen MR) is 138 cm³/mol. The second-order valence-electron chi connectivity index (χ2n) is 8.05. The molecule has 0 aliphatic carbocycles. The number of hydrogen-bond donors (Lipinski definition) is 1. The number of amides is 2. The van der Waals surface area contributed by atoms with Crippen molar-refractivity contribution in [1.29, 1.82) is 0 Å². The van der Waals surface area contributed by atoms with Gasteiger partial charge in [-0.25, -0.2) is 9.69 Å². The molecule has 7 nitrogen and oxygen atoms in total. The maximum absolute atomic E-state index is 13.5. The van der Waals surface area contributed by atoms with Gasteiger partial charge < -0.3 is 15.0 Å². The molecule has 3 aromatic rings. The van der Waals surface area contributed by atoms with Crippen molar-refractivity contribution >= 4 is 46.5 Å². The number of rotatable bonds is 7. The number of carbonyl (C=O) groups is 3. The number of imide groups is 1. The molecule has 1 fully saturated rings. The van der Waals surface area contributed by atoms with Gasteiger partial charge in [0.05, 0.1) is 24.8 Å². The molecular weight excluding hydrogens is 462 g/mol. The van der Waals surface area contributed by atoms with E-state index in [1.165, 1.54) is 19.2 Å². The van der Waals surface area contributed by atoms with Gasteiger partial charge in [0.1, 0.15) is 6.04 Å². The zero-order valence-electron chi connectivity index (χ0n) is 19.2. The highest BCUT2D eigenvalue weighted by Crippen LogP contribution is 2.27. The molecule has 0 unspecified atom stereocenters. The van der Waals surface area contributed by atoms with Crippen molar-refractivity contribution in [3.05, 3.63) is 96.1 Å². The second kappa shape index (κ2) is 10.9. The van der Waals surface area contributed by atoms with Crippen molar-refractivity contribution in [3.63, 3.8) is 0 Å². The van der Waals surface area contributed by atoms with Crippen LogP contribution in [0.1, 0.15) is 22.3 Å². The van der Waals surface area contributed by atoms with E-state index in [1.54, 1.807) is 17.0 Å². The molecule has 0 saturated carbocycles. The molecule has 1 saturated heterocycles. The third-order valence-electron chi connectivity index (χ3n) is 5.82. The van der Waals surface area contributed by atoms with Gasteiger partial charge in [-0.15, -0.1) is 0 Å². The quantitative estimate of drug-likeness (QED) is 0.306. The van der Waals surface area contributed by atoms with Crippen LogP contribution in [0.15, 0.2) is 84.9 Å². The molecule has 3 aromatic carbocycles. The van der Waals surface area contributed by atoms with Gasteiger partial charge in [0.15, 0.2) is 5.11 Å². The number of benzene rings is 3. The van der Waals surface area contributed by atoms with E-state index in [0.717, 1.165) is 16.2 Å². The van der Waals surface area contributed by atoms with Crippen LogP contribution in [0.4, 0.5) is 11.4 Å². The summed E-state index contributed by atoms with van der Waals surface area (Å²) in [6.07, 6.45) is 0.659. The van der Waals surface area contributed by atoms with Gasteiger partial charge in [0.25, 0.3) is 5.91 Å².